The monoisotopic (exact) mass is 255 g/mol. The minimum Gasteiger partial charge on any atom is -0.346 e. The lowest BCUT2D eigenvalue weighted by Gasteiger charge is -2.26. The number of hydrogen-bond donors (Lipinski definition) is 1. The maximum absolute atomic E-state index is 11.7. The first-order valence-electron chi connectivity index (χ1n) is 6.69. The quantitative estimate of drug-likeness (QED) is 0.896. The second-order valence-corrected chi connectivity index (χ2v) is 4.77. The first-order chi connectivity index (χ1) is 9.29. The van der Waals surface area contributed by atoms with E-state index < -0.39 is 0 Å². The summed E-state index contributed by atoms with van der Waals surface area (Å²) in [7, 11) is 0. The molecule has 4 heteroatoms. The predicted octanol–water partition coefficient (Wildman–Crippen LogP) is 2.59. The average Bonchev–Trinajstić information content (AvgIpc) is 2.90. The topological polar surface area (TPSA) is 49.0 Å². The Morgan fingerprint density at radius 1 is 1.53 bits per heavy atom. The highest BCUT2D eigenvalue weighted by atomic mass is 16.2. The van der Waals surface area contributed by atoms with Gasteiger partial charge in [-0.05, 0) is 24.1 Å². The number of hydrogen-bond acceptors (Lipinski definition) is 2. The van der Waals surface area contributed by atoms with Crippen LogP contribution < -0.4 is 0 Å². The number of rotatable bonds is 2. The summed E-state index contributed by atoms with van der Waals surface area (Å²) in [4.78, 5) is 21.1. The Morgan fingerprint density at radius 2 is 2.42 bits per heavy atom. The average molecular weight is 255 g/mol. The molecule has 3 heterocycles. The van der Waals surface area contributed by atoms with Crippen LogP contribution in [-0.2, 0) is 4.79 Å². The number of carbonyl (C=O) groups excluding carboxylic acids is 1. The van der Waals surface area contributed by atoms with Crippen molar-refractivity contribution in [2.24, 2.45) is 0 Å². The van der Waals surface area contributed by atoms with Gasteiger partial charge in [0.1, 0.15) is 5.65 Å². The zero-order chi connectivity index (χ0) is 13.2. The summed E-state index contributed by atoms with van der Waals surface area (Å²) in [6.07, 6.45) is 7.46. The molecule has 0 radical (unpaired) electrons. The summed E-state index contributed by atoms with van der Waals surface area (Å²) in [5.74, 6) is 0.232. The molecule has 0 bridgehead atoms. The van der Waals surface area contributed by atoms with E-state index in [0.29, 0.717) is 6.42 Å². The molecule has 1 aliphatic heterocycles. The van der Waals surface area contributed by atoms with Gasteiger partial charge in [0.05, 0.1) is 0 Å². The lowest BCUT2D eigenvalue weighted by atomic mass is 9.99. The largest absolute Gasteiger partial charge is 0.346 e. The van der Waals surface area contributed by atoms with E-state index in [9.17, 15) is 4.79 Å². The molecule has 1 N–H and O–H groups in total. The van der Waals surface area contributed by atoms with E-state index in [2.05, 4.69) is 22.1 Å². The standard InChI is InChI=1S/C15H17N3O/c1-2-14(19)18-8-5-11(6-9-18)13-10-17-15-12(13)4-3-7-16-15/h3-5,7,10H,2,6,8-9H2,1H3,(H,16,17). The van der Waals surface area contributed by atoms with E-state index in [1.54, 1.807) is 6.20 Å². The van der Waals surface area contributed by atoms with Gasteiger partial charge < -0.3 is 9.88 Å². The Hall–Kier alpha value is -2.10. The molecule has 0 saturated carbocycles. The predicted molar refractivity (Wildman–Crippen MR) is 75.6 cm³/mol. The van der Waals surface area contributed by atoms with Crippen LogP contribution in [0.15, 0.2) is 30.6 Å². The molecule has 19 heavy (non-hydrogen) atoms. The molecule has 0 atom stereocenters. The van der Waals surface area contributed by atoms with E-state index in [0.717, 1.165) is 30.5 Å². The summed E-state index contributed by atoms with van der Waals surface area (Å²) in [6, 6.07) is 4.04. The molecule has 2 aromatic heterocycles. The van der Waals surface area contributed by atoms with Crippen LogP contribution in [0.1, 0.15) is 25.3 Å². The maximum atomic E-state index is 11.7. The fraction of sp³-hybridized carbons (Fsp3) is 0.333. The number of nitrogens with zero attached hydrogens (tertiary/aromatic N) is 2. The Labute approximate surface area is 112 Å². The van der Waals surface area contributed by atoms with E-state index in [4.69, 9.17) is 0 Å². The van der Waals surface area contributed by atoms with Gasteiger partial charge in [-0.1, -0.05) is 13.0 Å². The van der Waals surface area contributed by atoms with Crippen LogP contribution in [0.5, 0.6) is 0 Å². The van der Waals surface area contributed by atoms with E-state index in [1.807, 2.05) is 24.1 Å². The second kappa shape index (κ2) is 4.88. The van der Waals surface area contributed by atoms with Crippen LogP contribution in [0.2, 0.25) is 0 Å². The summed E-state index contributed by atoms with van der Waals surface area (Å²) < 4.78 is 0. The van der Waals surface area contributed by atoms with Gasteiger partial charge in [0.25, 0.3) is 0 Å². The maximum Gasteiger partial charge on any atom is 0.222 e. The second-order valence-electron chi connectivity index (χ2n) is 4.77. The van der Waals surface area contributed by atoms with Crippen LogP contribution in [-0.4, -0.2) is 33.9 Å². The highest BCUT2D eigenvalue weighted by molar-refractivity contribution is 5.91. The first-order valence-corrected chi connectivity index (χ1v) is 6.69. The van der Waals surface area contributed by atoms with Crippen molar-refractivity contribution in [1.29, 1.82) is 0 Å². The fourth-order valence-corrected chi connectivity index (χ4v) is 2.59. The van der Waals surface area contributed by atoms with Gasteiger partial charge in [-0.25, -0.2) is 4.98 Å². The van der Waals surface area contributed by atoms with Crippen molar-refractivity contribution >= 4 is 22.5 Å². The number of pyridine rings is 1. The number of aromatic amines is 1. The van der Waals surface area contributed by atoms with Crippen molar-refractivity contribution in [3.8, 4) is 0 Å². The molecular weight excluding hydrogens is 238 g/mol. The highest BCUT2D eigenvalue weighted by Gasteiger charge is 2.18. The normalized spacial score (nSPS) is 15.6. The van der Waals surface area contributed by atoms with Crippen LogP contribution in [0.25, 0.3) is 16.6 Å². The fourth-order valence-electron chi connectivity index (χ4n) is 2.59. The van der Waals surface area contributed by atoms with Crippen LogP contribution in [0, 0.1) is 0 Å². The minimum atomic E-state index is 0.232. The van der Waals surface area contributed by atoms with E-state index >= 15 is 0 Å². The van der Waals surface area contributed by atoms with Gasteiger partial charge in [0, 0.05) is 42.9 Å². The SMILES string of the molecule is CCC(=O)N1CC=C(c2c[nH]c3ncccc23)CC1. The Morgan fingerprint density at radius 3 is 3.16 bits per heavy atom. The van der Waals surface area contributed by atoms with Gasteiger partial charge in [-0.2, -0.15) is 0 Å². The third kappa shape index (κ3) is 2.14. The van der Waals surface area contributed by atoms with Crippen molar-refractivity contribution in [2.45, 2.75) is 19.8 Å². The molecule has 0 saturated heterocycles. The van der Waals surface area contributed by atoms with E-state index in [1.165, 1.54) is 11.1 Å². The van der Waals surface area contributed by atoms with Gasteiger partial charge >= 0.3 is 0 Å². The minimum absolute atomic E-state index is 0.232. The van der Waals surface area contributed by atoms with Crippen LogP contribution >= 0.6 is 0 Å². The third-order valence-corrected chi connectivity index (χ3v) is 3.66. The molecule has 2 aromatic rings. The van der Waals surface area contributed by atoms with Crippen LogP contribution in [0.3, 0.4) is 0 Å². The Bertz CT molecular complexity index is 642. The van der Waals surface area contributed by atoms with Crippen molar-refractivity contribution in [3.05, 3.63) is 36.2 Å². The molecule has 0 aromatic carbocycles. The van der Waals surface area contributed by atoms with Gasteiger partial charge in [0.15, 0.2) is 0 Å². The number of fused-ring (bicyclic) bond motifs is 1. The van der Waals surface area contributed by atoms with Crippen molar-refractivity contribution in [2.75, 3.05) is 13.1 Å². The molecule has 4 nitrogen and oxygen atoms in total. The van der Waals surface area contributed by atoms with Crippen molar-refractivity contribution < 1.29 is 4.79 Å². The van der Waals surface area contributed by atoms with Gasteiger partial charge in [-0.15, -0.1) is 0 Å². The van der Waals surface area contributed by atoms with Crippen LogP contribution in [0.4, 0.5) is 0 Å². The summed E-state index contributed by atoms with van der Waals surface area (Å²) >= 11 is 0. The number of carbonyl (C=O) groups is 1. The first kappa shape index (κ1) is 12.0. The van der Waals surface area contributed by atoms with E-state index in [-0.39, 0.29) is 5.91 Å². The third-order valence-electron chi connectivity index (χ3n) is 3.66. The molecule has 0 fully saturated rings. The summed E-state index contributed by atoms with van der Waals surface area (Å²) in [6.45, 7) is 3.44. The van der Waals surface area contributed by atoms with Crippen molar-refractivity contribution in [1.82, 2.24) is 14.9 Å². The summed E-state index contributed by atoms with van der Waals surface area (Å²) in [5, 5.41) is 1.16. The molecule has 0 aliphatic carbocycles. The molecule has 0 spiro atoms. The zero-order valence-corrected chi connectivity index (χ0v) is 11.0. The van der Waals surface area contributed by atoms with Crippen molar-refractivity contribution in [3.63, 3.8) is 0 Å². The number of amides is 1. The number of aromatic nitrogens is 2. The highest BCUT2D eigenvalue weighted by Crippen LogP contribution is 2.28. The number of nitrogens with one attached hydrogen (secondary N) is 1. The molecular formula is C15H17N3O. The lowest BCUT2D eigenvalue weighted by Crippen LogP contribution is -2.34. The lowest BCUT2D eigenvalue weighted by molar-refractivity contribution is -0.130. The molecule has 0 unspecified atom stereocenters. The summed E-state index contributed by atoms with van der Waals surface area (Å²) in [5.41, 5.74) is 3.44. The zero-order valence-electron chi connectivity index (χ0n) is 11.0. The molecule has 1 aliphatic rings. The molecule has 98 valence electrons. The molecule has 1 amide bonds. The smallest absolute Gasteiger partial charge is 0.222 e. The van der Waals surface area contributed by atoms with Gasteiger partial charge in [-0.3, -0.25) is 4.79 Å². The number of H-pyrrole nitrogens is 1. The van der Waals surface area contributed by atoms with Gasteiger partial charge in [0.2, 0.25) is 5.91 Å². The molecule has 3 rings (SSSR count). The Kier molecular flexibility index (Phi) is 3.07. The Balaban J connectivity index is 1.88.